The number of urea groups is 1. The highest BCUT2D eigenvalue weighted by Crippen LogP contribution is 2.42. The molecule has 0 saturated carbocycles. The number of piperidine rings is 3. The summed E-state index contributed by atoms with van der Waals surface area (Å²) in [5.74, 6) is 0.221. The summed E-state index contributed by atoms with van der Waals surface area (Å²) in [5.41, 5.74) is 1.80. The van der Waals surface area contributed by atoms with Crippen LogP contribution in [0.25, 0.3) is 0 Å². The lowest BCUT2D eigenvalue weighted by atomic mass is 9.79. The summed E-state index contributed by atoms with van der Waals surface area (Å²) in [6, 6.07) is 8.07. The first-order valence-corrected chi connectivity index (χ1v) is 18.2. The first-order chi connectivity index (χ1) is 25.1. The number of benzene rings is 2. The van der Waals surface area contributed by atoms with Crippen LogP contribution in [-0.2, 0) is 34.7 Å². The van der Waals surface area contributed by atoms with Crippen LogP contribution in [0.4, 0.5) is 47.3 Å². The third-order valence-corrected chi connectivity index (χ3v) is 11.4. The van der Waals surface area contributed by atoms with Crippen molar-refractivity contribution in [2.24, 2.45) is 11.8 Å². The number of alkyl halides is 6. The topological polar surface area (TPSA) is 111 Å². The Hall–Kier alpha value is -4.21. The van der Waals surface area contributed by atoms with Gasteiger partial charge in [0, 0.05) is 50.9 Å². The van der Waals surface area contributed by atoms with Crippen molar-refractivity contribution in [3.63, 3.8) is 0 Å². The fraction of sp³-hybridized carbons (Fsp3) is 0.595. The summed E-state index contributed by atoms with van der Waals surface area (Å²) in [6.45, 7) is 3.45. The van der Waals surface area contributed by atoms with Crippen molar-refractivity contribution in [3.8, 4) is 0 Å². The zero-order valence-corrected chi connectivity index (χ0v) is 29.6. The maximum Gasteiger partial charge on any atom is 0.418 e. The first-order valence-electron chi connectivity index (χ1n) is 18.2. The van der Waals surface area contributed by atoms with Crippen LogP contribution >= 0.6 is 0 Å². The molecule has 1 atom stereocenters. The van der Waals surface area contributed by atoms with Gasteiger partial charge >= 0.3 is 24.5 Å². The third kappa shape index (κ3) is 8.95. The Kier molecular flexibility index (Phi) is 11.4. The van der Waals surface area contributed by atoms with Gasteiger partial charge < -0.3 is 35.4 Å². The number of nitrogens with two attached hydrogens (primary N) is 1. The minimum Gasteiger partial charge on any atom is -0.436 e. The number of rotatable bonds is 6. The SMILES string of the molecule is CN1CCC(C2CCN(C(=O)[C@@H](Cc3cc(C(F)(F)F)c(N)c(C(F)(F)F)c3)OC(=O)N3CCC(N4CCc5ccccc5NC4=O)CC3)CC2)CC1. The van der Waals surface area contributed by atoms with Crippen LogP contribution in [0.1, 0.15) is 60.8 Å². The van der Waals surface area contributed by atoms with Crippen molar-refractivity contribution in [3.05, 3.63) is 58.7 Å². The van der Waals surface area contributed by atoms with E-state index in [1.165, 1.54) is 9.80 Å². The average molecular weight is 753 g/mol. The fourth-order valence-electron chi connectivity index (χ4n) is 8.28. The molecule has 2 aromatic carbocycles. The average Bonchev–Trinajstić information content (AvgIpc) is 3.29. The molecule has 4 aliphatic rings. The largest absolute Gasteiger partial charge is 0.436 e. The van der Waals surface area contributed by atoms with Crippen molar-refractivity contribution >= 4 is 29.4 Å². The molecule has 0 aliphatic carbocycles. The van der Waals surface area contributed by atoms with Gasteiger partial charge in [-0.25, -0.2) is 9.59 Å². The van der Waals surface area contributed by atoms with Crippen molar-refractivity contribution in [2.75, 3.05) is 63.9 Å². The van der Waals surface area contributed by atoms with E-state index in [2.05, 4.69) is 17.3 Å². The van der Waals surface area contributed by atoms with E-state index in [4.69, 9.17) is 10.5 Å². The van der Waals surface area contributed by atoms with E-state index in [-0.39, 0.29) is 25.2 Å². The van der Waals surface area contributed by atoms with E-state index < -0.39 is 59.3 Å². The van der Waals surface area contributed by atoms with Crippen LogP contribution < -0.4 is 11.1 Å². The Morgan fingerprint density at radius 2 is 1.38 bits per heavy atom. The lowest BCUT2D eigenvalue weighted by Gasteiger charge is -2.40. The minimum absolute atomic E-state index is 0.168. The van der Waals surface area contributed by atoms with Crippen molar-refractivity contribution in [1.29, 1.82) is 0 Å². The number of nitrogen functional groups attached to an aromatic ring is 1. The Bertz CT molecular complexity index is 1610. The molecule has 3 fully saturated rings. The quantitative estimate of drug-likeness (QED) is 0.258. The molecule has 6 rings (SSSR count). The summed E-state index contributed by atoms with van der Waals surface area (Å²) in [4.78, 5) is 47.5. The molecule has 16 heteroatoms. The number of fused-ring (bicyclic) bond motifs is 1. The number of para-hydroxylation sites is 1. The summed E-state index contributed by atoms with van der Waals surface area (Å²) in [5, 5.41) is 2.94. The highest BCUT2D eigenvalue weighted by atomic mass is 19.4. The Labute approximate surface area is 304 Å². The van der Waals surface area contributed by atoms with Crippen LogP contribution in [0.3, 0.4) is 0 Å². The number of anilines is 2. The van der Waals surface area contributed by atoms with Crippen LogP contribution in [0.2, 0.25) is 0 Å². The van der Waals surface area contributed by atoms with Gasteiger partial charge in [0.05, 0.1) is 16.8 Å². The molecule has 4 amide bonds. The highest BCUT2D eigenvalue weighted by molar-refractivity contribution is 5.91. The summed E-state index contributed by atoms with van der Waals surface area (Å²) < 4.78 is 89.0. The molecule has 0 unspecified atom stereocenters. The zero-order chi connectivity index (χ0) is 38.1. The number of carbonyl (C=O) groups is 3. The summed E-state index contributed by atoms with van der Waals surface area (Å²) in [7, 11) is 2.07. The number of hydrogen-bond donors (Lipinski definition) is 2. The highest BCUT2D eigenvalue weighted by Gasteiger charge is 2.42. The van der Waals surface area contributed by atoms with Crippen LogP contribution in [-0.4, -0.2) is 103 Å². The fourth-order valence-corrected chi connectivity index (χ4v) is 8.28. The van der Waals surface area contributed by atoms with E-state index >= 15 is 0 Å². The minimum atomic E-state index is -5.20. The van der Waals surface area contributed by atoms with E-state index in [0.717, 1.165) is 37.2 Å². The second-order valence-corrected chi connectivity index (χ2v) is 14.7. The normalized spacial score (nSPS) is 20.8. The zero-order valence-electron chi connectivity index (χ0n) is 29.6. The molecule has 53 heavy (non-hydrogen) atoms. The van der Waals surface area contributed by atoms with Gasteiger partial charge in [0.2, 0.25) is 0 Å². The maximum absolute atomic E-state index is 14.0. The number of amides is 4. The lowest BCUT2D eigenvalue weighted by Crippen LogP contribution is -2.52. The molecular formula is C37H46F6N6O4. The van der Waals surface area contributed by atoms with Gasteiger partial charge in [0.25, 0.3) is 5.91 Å². The smallest absolute Gasteiger partial charge is 0.418 e. The van der Waals surface area contributed by atoms with Crippen molar-refractivity contribution in [1.82, 2.24) is 19.6 Å². The molecule has 10 nitrogen and oxygen atoms in total. The number of nitrogens with one attached hydrogen (secondary N) is 1. The molecule has 2 aromatic rings. The third-order valence-electron chi connectivity index (χ3n) is 11.4. The van der Waals surface area contributed by atoms with E-state index in [1.54, 1.807) is 4.90 Å². The van der Waals surface area contributed by atoms with Crippen molar-refractivity contribution in [2.45, 2.75) is 75.9 Å². The summed E-state index contributed by atoms with van der Waals surface area (Å²) in [6.07, 6.45) is -8.77. The van der Waals surface area contributed by atoms with Gasteiger partial charge in [-0.05, 0) is 106 Å². The predicted octanol–water partition coefficient (Wildman–Crippen LogP) is 6.49. The van der Waals surface area contributed by atoms with E-state index in [9.17, 15) is 40.7 Å². The van der Waals surface area contributed by atoms with Crippen molar-refractivity contribution < 1.29 is 45.5 Å². The molecule has 0 spiro atoms. The molecule has 0 radical (unpaired) electrons. The molecule has 4 heterocycles. The first kappa shape index (κ1) is 38.5. The second kappa shape index (κ2) is 15.6. The van der Waals surface area contributed by atoms with Crippen LogP contribution in [0.15, 0.2) is 36.4 Å². The molecule has 3 saturated heterocycles. The van der Waals surface area contributed by atoms with Gasteiger partial charge in [-0.3, -0.25) is 4.79 Å². The molecule has 3 N–H and O–H groups in total. The standard InChI is InChI=1S/C37H46F6N6O4/c1-46-13-6-24(7-14-46)25-8-15-47(16-9-25)33(50)31(22-23-20-28(36(38,39)40)32(44)29(21-23)37(41,42)43)53-35(52)48-17-11-27(12-18-48)49-19-10-26-4-2-3-5-30(26)45-34(49)51/h2-5,20-21,24-25,27,31H,6-19,22,44H2,1H3,(H,45,51)/t31-/m1/s1. The molecule has 0 bridgehead atoms. The van der Waals surface area contributed by atoms with Crippen LogP contribution in [0, 0.1) is 11.8 Å². The number of nitrogens with zero attached hydrogens (tertiary/aromatic N) is 4. The molecular weight excluding hydrogens is 706 g/mol. The van der Waals surface area contributed by atoms with E-state index in [1.807, 2.05) is 24.3 Å². The lowest BCUT2D eigenvalue weighted by molar-refractivity contribution is -0.142. The molecule has 0 aromatic heterocycles. The number of ether oxygens (including phenoxy) is 1. The molecule has 290 valence electrons. The van der Waals surface area contributed by atoms with Gasteiger partial charge in [-0.1, -0.05) is 18.2 Å². The Morgan fingerprint density at radius 1 is 0.830 bits per heavy atom. The Balaban J connectivity index is 1.16. The maximum atomic E-state index is 14.0. The molecule has 4 aliphatic heterocycles. The Morgan fingerprint density at radius 3 is 1.96 bits per heavy atom. The van der Waals surface area contributed by atoms with Gasteiger partial charge in [-0.2, -0.15) is 26.3 Å². The van der Waals surface area contributed by atoms with Crippen LogP contribution in [0.5, 0.6) is 0 Å². The number of likely N-dealkylation sites (tertiary alicyclic amines) is 3. The number of halogens is 6. The number of carbonyl (C=O) groups excluding carboxylic acids is 3. The van der Waals surface area contributed by atoms with Gasteiger partial charge in [0.15, 0.2) is 6.10 Å². The van der Waals surface area contributed by atoms with Gasteiger partial charge in [-0.15, -0.1) is 0 Å². The van der Waals surface area contributed by atoms with E-state index in [0.29, 0.717) is 75.7 Å². The second-order valence-electron chi connectivity index (χ2n) is 14.7. The predicted molar refractivity (Wildman–Crippen MR) is 185 cm³/mol. The number of hydrogen-bond acceptors (Lipinski definition) is 6. The summed E-state index contributed by atoms with van der Waals surface area (Å²) >= 11 is 0. The van der Waals surface area contributed by atoms with Gasteiger partial charge in [0.1, 0.15) is 0 Å². The monoisotopic (exact) mass is 752 g/mol.